The molecule has 5 nitrogen and oxygen atoms in total. The van der Waals surface area contributed by atoms with Crippen molar-refractivity contribution in [1.82, 2.24) is 4.90 Å². The molecule has 1 aliphatic heterocycles. The number of hydrogen-bond acceptors (Lipinski definition) is 4. The van der Waals surface area contributed by atoms with Gasteiger partial charge in [-0.2, -0.15) is 0 Å². The lowest BCUT2D eigenvalue weighted by Crippen LogP contribution is -2.32. The molecule has 2 fully saturated rings. The molecule has 1 aliphatic carbocycles. The first-order chi connectivity index (χ1) is 10.1. The number of esters is 1. The monoisotopic (exact) mass is 289 g/mol. The summed E-state index contributed by atoms with van der Waals surface area (Å²) in [6.07, 6.45) is -0.253. The molecule has 2 aliphatic rings. The minimum Gasteiger partial charge on any atom is -0.466 e. The lowest BCUT2D eigenvalue weighted by molar-refractivity contribution is -0.141. The van der Waals surface area contributed by atoms with E-state index in [1.165, 1.54) is 6.92 Å². The van der Waals surface area contributed by atoms with Gasteiger partial charge >= 0.3 is 12.1 Å². The maximum absolute atomic E-state index is 12.0. The lowest BCUT2D eigenvalue weighted by Gasteiger charge is -2.19. The zero-order chi connectivity index (χ0) is 14.8. The van der Waals surface area contributed by atoms with E-state index in [1.807, 2.05) is 30.3 Å². The van der Waals surface area contributed by atoms with Crippen molar-refractivity contribution in [3.8, 4) is 0 Å². The number of hydrogen-bond donors (Lipinski definition) is 0. The lowest BCUT2D eigenvalue weighted by atomic mass is 10.2. The van der Waals surface area contributed by atoms with E-state index in [0.29, 0.717) is 44.1 Å². The SMILES string of the molecule is CC(=O)OCC1C2CN(C(=O)OCc3ccccc3)CC12. The van der Waals surface area contributed by atoms with Crippen LogP contribution in [0.2, 0.25) is 0 Å². The van der Waals surface area contributed by atoms with Crippen molar-refractivity contribution in [3.63, 3.8) is 0 Å². The third-order valence-corrected chi connectivity index (χ3v) is 4.31. The van der Waals surface area contributed by atoms with Gasteiger partial charge in [-0.15, -0.1) is 0 Å². The number of rotatable bonds is 4. The van der Waals surface area contributed by atoms with Crippen LogP contribution in [0, 0.1) is 17.8 Å². The first kappa shape index (κ1) is 13.9. The molecule has 0 spiro atoms. The minimum absolute atomic E-state index is 0.237. The van der Waals surface area contributed by atoms with Crippen molar-refractivity contribution in [2.75, 3.05) is 19.7 Å². The molecule has 2 atom stereocenters. The van der Waals surface area contributed by atoms with E-state index in [1.54, 1.807) is 4.90 Å². The van der Waals surface area contributed by atoms with Crippen LogP contribution in [0.1, 0.15) is 12.5 Å². The van der Waals surface area contributed by atoms with Crippen LogP contribution in [0.15, 0.2) is 30.3 Å². The van der Waals surface area contributed by atoms with E-state index in [9.17, 15) is 9.59 Å². The molecule has 21 heavy (non-hydrogen) atoms. The highest BCUT2D eigenvalue weighted by Gasteiger charge is 2.57. The molecule has 1 saturated heterocycles. The second-order valence-electron chi connectivity index (χ2n) is 5.74. The molecule has 0 radical (unpaired) electrons. The number of benzene rings is 1. The topological polar surface area (TPSA) is 55.8 Å². The highest BCUT2D eigenvalue weighted by molar-refractivity contribution is 5.68. The van der Waals surface area contributed by atoms with Gasteiger partial charge in [0, 0.05) is 25.9 Å². The predicted octanol–water partition coefficient (Wildman–Crippen LogP) is 2.06. The van der Waals surface area contributed by atoms with E-state index in [2.05, 4.69) is 0 Å². The van der Waals surface area contributed by atoms with Gasteiger partial charge in [0.2, 0.25) is 0 Å². The number of amides is 1. The molecular weight excluding hydrogens is 270 g/mol. The number of piperidine rings is 1. The third kappa shape index (κ3) is 3.17. The first-order valence-electron chi connectivity index (χ1n) is 7.24. The van der Waals surface area contributed by atoms with Gasteiger partial charge in [-0.3, -0.25) is 4.79 Å². The zero-order valence-corrected chi connectivity index (χ0v) is 12.0. The summed E-state index contributed by atoms with van der Waals surface area (Å²) < 4.78 is 10.3. The molecule has 112 valence electrons. The predicted molar refractivity (Wildman–Crippen MR) is 75.3 cm³/mol. The largest absolute Gasteiger partial charge is 0.466 e. The molecule has 5 heteroatoms. The van der Waals surface area contributed by atoms with Gasteiger partial charge in [0.25, 0.3) is 0 Å². The van der Waals surface area contributed by atoms with Gasteiger partial charge in [-0.25, -0.2) is 4.79 Å². The minimum atomic E-state index is -0.253. The van der Waals surface area contributed by atoms with Crippen LogP contribution in [0.25, 0.3) is 0 Å². The number of carbonyl (C=O) groups excluding carboxylic acids is 2. The quantitative estimate of drug-likeness (QED) is 0.796. The average Bonchev–Trinajstić information content (AvgIpc) is 2.93. The smallest absolute Gasteiger partial charge is 0.410 e. The van der Waals surface area contributed by atoms with Crippen molar-refractivity contribution in [2.24, 2.45) is 17.8 Å². The Kier molecular flexibility index (Phi) is 3.82. The molecule has 0 bridgehead atoms. The third-order valence-electron chi connectivity index (χ3n) is 4.31. The van der Waals surface area contributed by atoms with Crippen LogP contribution in [0.5, 0.6) is 0 Å². The number of fused-ring (bicyclic) bond motifs is 1. The molecular formula is C16H19NO4. The molecule has 1 aromatic carbocycles. The Balaban J connectivity index is 1.40. The van der Waals surface area contributed by atoms with Crippen molar-refractivity contribution in [2.45, 2.75) is 13.5 Å². The summed E-state index contributed by atoms with van der Waals surface area (Å²) in [4.78, 5) is 24.5. The Morgan fingerprint density at radius 3 is 2.43 bits per heavy atom. The van der Waals surface area contributed by atoms with Crippen LogP contribution >= 0.6 is 0 Å². The van der Waals surface area contributed by atoms with E-state index in [0.717, 1.165) is 5.56 Å². The summed E-state index contributed by atoms with van der Waals surface area (Å²) >= 11 is 0. The normalized spacial score (nSPS) is 26.1. The molecule has 0 aromatic heterocycles. The van der Waals surface area contributed by atoms with Crippen molar-refractivity contribution < 1.29 is 19.1 Å². The summed E-state index contributed by atoms with van der Waals surface area (Å²) in [6, 6.07) is 9.65. The van der Waals surface area contributed by atoms with E-state index >= 15 is 0 Å². The number of ether oxygens (including phenoxy) is 2. The van der Waals surface area contributed by atoms with Gasteiger partial charge < -0.3 is 14.4 Å². The van der Waals surface area contributed by atoms with Crippen molar-refractivity contribution in [3.05, 3.63) is 35.9 Å². The summed E-state index contributed by atoms with van der Waals surface area (Å²) in [5.41, 5.74) is 0.989. The Hall–Kier alpha value is -2.04. The molecule has 1 amide bonds. The number of carbonyl (C=O) groups is 2. The van der Waals surface area contributed by atoms with Gasteiger partial charge in [-0.1, -0.05) is 30.3 Å². The summed E-state index contributed by atoms with van der Waals surface area (Å²) in [5.74, 6) is 1.12. The molecule has 3 rings (SSSR count). The standard InChI is InChI=1S/C16H19NO4/c1-11(18)20-10-15-13-7-17(8-14(13)15)16(19)21-9-12-5-3-2-4-6-12/h2-6,13-15H,7-10H2,1H3. The molecule has 1 saturated carbocycles. The summed E-state index contributed by atoms with van der Waals surface area (Å²) in [5, 5.41) is 0. The van der Waals surface area contributed by atoms with Crippen LogP contribution in [-0.2, 0) is 20.9 Å². The van der Waals surface area contributed by atoms with Crippen molar-refractivity contribution in [1.29, 1.82) is 0 Å². The van der Waals surface area contributed by atoms with Crippen LogP contribution in [-0.4, -0.2) is 36.7 Å². The Morgan fingerprint density at radius 2 is 1.81 bits per heavy atom. The van der Waals surface area contributed by atoms with E-state index < -0.39 is 0 Å². The van der Waals surface area contributed by atoms with Crippen LogP contribution in [0.3, 0.4) is 0 Å². The summed E-state index contributed by atoms with van der Waals surface area (Å²) in [6.45, 7) is 3.64. The highest BCUT2D eigenvalue weighted by Crippen LogP contribution is 2.51. The fourth-order valence-electron chi connectivity index (χ4n) is 3.07. The van der Waals surface area contributed by atoms with Crippen molar-refractivity contribution >= 4 is 12.1 Å². The maximum atomic E-state index is 12.0. The van der Waals surface area contributed by atoms with Crippen LogP contribution < -0.4 is 0 Å². The fraction of sp³-hybridized carbons (Fsp3) is 0.500. The van der Waals surface area contributed by atoms with Gasteiger partial charge in [-0.05, 0) is 17.4 Å². The number of likely N-dealkylation sites (tertiary alicyclic amines) is 1. The van der Waals surface area contributed by atoms with Crippen LogP contribution in [0.4, 0.5) is 4.79 Å². The molecule has 2 unspecified atom stereocenters. The van der Waals surface area contributed by atoms with Gasteiger partial charge in [0.05, 0.1) is 6.61 Å². The maximum Gasteiger partial charge on any atom is 0.410 e. The number of nitrogens with zero attached hydrogens (tertiary/aromatic N) is 1. The Labute approximate surface area is 123 Å². The fourth-order valence-corrected chi connectivity index (χ4v) is 3.07. The molecule has 0 N–H and O–H groups in total. The summed E-state index contributed by atoms with van der Waals surface area (Å²) in [7, 11) is 0. The van der Waals surface area contributed by atoms with E-state index in [4.69, 9.17) is 9.47 Å². The average molecular weight is 289 g/mol. The van der Waals surface area contributed by atoms with Gasteiger partial charge in [0.15, 0.2) is 0 Å². The Morgan fingerprint density at radius 1 is 1.14 bits per heavy atom. The highest BCUT2D eigenvalue weighted by atomic mass is 16.6. The second-order valence-corrected chi connectivity index (χ2v) is 5.74. The molecule has 1 heterocycles. The van der Waals surface area contributed by atoms with Gasteiger partial charge in [0.1, 0.15) is 6.61 Å². The second kappa shape index (κ2) is 5.76. The first-order valence-corrected chi connectivity index (χ1v) is 7.24. The molecule has 1 aromatic rings. The van der Waals surface area contributed by atoms with E-state index in [-0.39, 0.29) is 12.1 Å². The zero-order valence-electron chi connectivity index (χ0n) is 12.0. The Bertz CT molecular complexity index is 518.